The molecule has 1 atom stereocenters. The summed E-state index contributed by atoms with van der Waals surface area (Å²) in [6, 6.07) is 47.0. The number of amides is 2. The molecule has 1 unspecified atom stereocenters. The number of esters is 1. The summed E-state index contributed by atoms with van der Waals surface area (Å²) in [6.45, 7) is 10.4. The van der Waals surface area contributed by atoms with E-state index in [4.69, 9.17) is 35.5 Å². The van der Waals surface area contributed by atoms with Crippen LogP contribution in [0.5, 0.6) is 0 Å². The summed E-state index contributed by atoms with van der Waals surface area (Å²) in [5.74, 6) is -0.223. The van der Waals surface area contributed by atoms with Crippen LogP contribution in [0.15, 0.2) is 245 Å². The summed E-state index contributed by atoms with van der Waals surface area (Å²) >= 11 is 9.79. The molecule has 139 heavy (non-hydrogen) atoms. The molecule has 12 N–H and O–H groups in total. The van der Waals surface area contributed by atoms with Gasteiger partial charge < -0.3 is 70.9 Å². The van der Waals surface area contributed by atoms with Crippen LogP contribution in [0.3, 0.4) is 0 Å². The van der Waals surface area contributed by atoms with Crippen molar-refractivity contribution < 1.29 is 107 Å². The first kappa shape index (κ1) is 107. The SMILES string of the molecule is Brc1c[c-]sc1.CO.COC(=O)c1cc(Nc2nccc(-c3c(C)nc4ccccn34)n2)cs1.Cc1nc2ccccn2c1-c1ccnc(N)n1.Cc1nc2ccccn2c1-c1ccnc(Nc2csc(C(=O)NO)c2)n1.Cc1nc2ccccn2c1-c1ccnc(Nc2csc(C(=O)NOC3CCCCO3)c2)n1.Cc1nc2ccccn2c1-c1ccnc(Nc2csc(C(=O)O)c2)n1.[CH3-].[Co].[Co].[Li+].[OH-]. The molecule has 2 radical (unpaired) electrons. The number of ether oxygens (including phenoxy) is 2. The van der Waals surface area contributed by atoms with Crippen molar-refractivity contribution in [2.45, 2.75) is 60.2 Å². The van der Waals surface area contributed by atoms with Crippen LogP contribution in [0.4, 0.5) is 52.5 Å². The van der Waals surface area contributed by atoms with Gasteiger partial charge >= 0.3 is 30.8 Å². The Morgan fingerprint density at radius 3 is 1.08 bits per heavy atom. The summed E-state index contributed by atoms with van der Waals surface area (Å²) in [5, 5.41) is 49.1. The third-order valence-electron chi connectivity index (χ3n) is 19.5. The van der Waals surface area contributed by atoms with E-state index in [1.165, 1.54) is 41.1 Å². The zero-order valence-electron chi connectivity index (χ0n) is 75.3. The molecule has 1 aliphatic heterocycles. The molecule has 0 aromatic carbocycles. The van der Waals surface area contributed by atoms with Crippen LogP contribution in [0.25, 0.3) is 85.2 Å². The Balaban J connectivity index is 0.000000175. The van der Waals surface area contributed by atoms with Gasteiger partial charge in [0.1, 0.15) is 38.0 Å². The second-order valence-corrected chi connectivity index (χ2v) is 33.8. The number of aliphatic hydroxyl groups is 1. The van der Waals surface area contributed by atoms with Crippen molar-refractivity contribution in [2.24, 2.45) is 0 Å². The molecule has 1 saturated heterocycles. The number of nitrogens with zero attached hydrogens (tertiary/aromatic N) is 20. The number of imidazole rings is 5. The predicted molar refractivity (Wildman–Crippen MR) is 527 cm³/mol. The Bertz CT molecular complexity index is 7340. The molecule has 21 rings (SSSR count). The smallest absolute Gasteiger partial charge is 0.870 e. The number of carbonyl (C=O) groups excluding carboxylic acids is 3. The summed E-state index contributed by atoms with van der Waals surface area (Å²) in [4.78, 5) is 120. The molecule has 0 aliphatic carbocycles. The van der Waals surface area contributed by atoms with Crippen molar-refractivity contribution in [3.8, 4) is 56.9 Å². The van der Waals surface area contributed by atoms with E-state index in [0.717, 1.165) is 167 Å². The van der Waals surface area contributed by atoms with Gasteiger partial charge in [-0.25, -0.2) is 100 Å². The number of thiophene rings is 5. The zero-order chi connectivity index (χ0) is 93.7. The molecular formula is C92H85BrCo2LiN27O11S5-2. The number of carboxylic acid groups (broad SMARTS) is 1. The summed E-state index contributed by atoms with van der Waals surface area (Å²) in [7, 11) is 2.36. The van der Waals surface area contributed by atoms with Gasteiger partial charge in [-0.1, -0.05) is 30.3 Å². The number of nitrogens with one attached hydrogen (secondary N) is 6. The monoisotopic (exact) mass is 2110 g/mol. The molecule has 0 spiro atoms. The van der Waals surface area contributed by atoms with Crippen LogP contribution in [0, 0.1) is 47.4 Å². The van der Waals surface area contributed by atoms with Gasteiger partial charge in [0.05, 0.1) is 125 Å². The van der Waals surface area contributed by atoms with Crippen molar-refractivity contribution in [1.82, 2.24) is 108 Å². The molecule has 0 bridgehead atoms. The first-order valence-corrected chi connectivity index (χ1v) is 45.9. The molecule has 20 aromatic rings. The zero-order valence-corrected chi connectivity index (χ0v) is 83.0. The minimum absolute atomic E-state index is 0. The number of aryl methyl sites for hydroxylation is 5. The fourth-order valence-electron chi connectivity index (χ4n) is 13.7. The number of aliphatic hydroxyl groups excluding tert-OH is 1. The van der Waals surface area contributed by atoms with Crippen LogP contribution >= 0.6 is 72.6 Å². The van der Waals surface area contributed by atoms with Crippen LogP contribution in [-0.2, 0) is 47.9 Å². The van der Waals surface area contributed by atoms with Crippen molar-refractivity contribution in [3.05, 3.63) is 306 Å². The number of carbonyl (C=O) groups is 4. The first-order valence-electron chi connectivity index (χ1n) is 40.7. The second kappa shape index (κ2) is 51.0. The normalized spacial score (nSPS) is 11.5. The van der Waals surface area contributed by atoms with E-state index < -0.39 is 11.9 Å². The van der Waals surface area contributed by atoms with E-state index in [1.54, 1.807) is 82.8 Å². The van der Waals surface area contributed by atoms with E-state index in [-0.39, 0.29) is 94.3 Å². The van der Waals surface area contributed by atoms with Crippen LogP contribution in [0.1, 0.15) is 86.4 Å². The van der Waals surface area contributed by atoms with Gasteiger partial charge in [0, 0.05) is 137 Å². The van der Waals surface area contributed by atoms with Gasteiger partial charge in [-0.05, 0) is 163 Å². The minimum Gasteiger partial charge on any atom is -0.870 e. The number of carboxylic acids is 1. The van der Waals surface area contributed by atoms with Crippen molar-refractivity contribution in [1.29, 1.82) is 0 Å². The number of fused-ring (bicyclic) bond motifs is 5. The maximum atomic E-state index is 12.4. The third kappa shape index (κ3) is 26.7. The topological polar surface area (TPSA) is 500 Å². The number of anilines is 9. The Labute approximate surface area is 855 Å². The van der Waals surface area contributed by atoms with Crippen molar-refractivity contribution in [3.63, 3.8) is 0 Å². The molecule has 21 heterocycles. The molecule has 1 aliphatic rings. The number of halogens is 1. The number of pyridine rings is 5. The van der Waals surface area contributed by atoms with E-state index in [2.05, 4.69) is 123 Å². The van der Waals surface area contributed by atoms with E-state index in [0.29, 0.717) is 56.4 Å². The number of aromatic carboxylic acids is 1. The van der Waals surface area contributed by atoms with Gasteiger partial charge in [-0.2, -0.15) is 6.07 Å². The number of methoxy groups -OCH3 is 1. The fraction of sp³-hybridized carbons (Fsp3) is 0.130. The van der Waals surface area contributed by atoms with Gasteiger partial charge in [-0.15, -0.1) is 76.5 Å². The number of nitrogens with two attached hydrogens (primary N) is 1. The third-order valence-corrected chi connectivity index (χ3v) is 24.5. The van der Waals surface area contributed by atoms with Crippen LogP contribution in [-0.4, -0.2) is 169 Å². The number of rotatable bonds is 19. The molecule has 38 nitrogen and oxygen atoms in total. The Morgan fingerprint density at radius 1 is 0.460 bits per heavy atom. The van der Waals surface area contributed by atoms with Crippen molar-refractivity contribution in [2.75, 3.05) is 47.8 Å². The number of hydroxylamine groups is 2. The van der Waals surface area contributed by atoms with Gasteiger partial charge in [0.15, 0.2) is 6.29 Å². The molecule has 1 fully saturated rings. The fourth-order valence-corrected chi connectivity index (χ4v) is 17.6. The molecule has 20 aromatic heterocycles. The minimum atomic E-state index is -0.950. The maximum Gasteiger partial charge on any atom is 1.00 e. The average molecular weight is 2110 g/mol. The van der Waals surface area contributed by atoms with Crippen LogP contribution < -0.4 is 56.8 Å². The van der Waals surface area contributed by atoms with E-state index in [1.807, 2.05) is 231 Å². The van der Waals surface area contributed by atoms with Gasteiger partial charge in [0.25, 0.3) is 11.8 Å². The van der Waals surface area contributed by atoms with E-state index >= 15 is 0 Å². The number of hydrogen-bond acceptors (Lipinski definition) is 35. The van der Waals surface area contributed by atoms with Crippen LogP contribution in [0.2, 0.25) is 0 Å². The molecular weight excluding hydrogens is 2020 g/mol. The molecule has 47 heteroatoms. The number of nitrogen functional groups attached to an aromatic ring is 1. The standard InChI is InChI=1S/C22H22N6O3S.C18H15N5O2S.C17H14N6O2S.C17H13N5O2S.C12H11N5.C4H2BrS.CH4O.CH3.2Co.Li.H2O/c1-14-20(28-10-4-2-6-18(28)24-14)16-8-9-23-22(26-16)25-15-12-17(32-13-15)21(29)27-31-19-7-3-5-11-30-19;1-11-16(23-8-4-3-5-15(23)20-11)13-6-7-19-18(22-13)21-12-9-14(26-10-12)17(24)25-2;1-10-15(23-7-3-2-4-14(23)19-10)12-5-6-18-17(21-12)20-11-8-13(26-9-11)16(24)22-25;1-10-15(22-7-3-2-4-14(22)19-10)12-5-6-18-17(21-12)20-11-8-13(16(23)24)25-9-11;1-8-11(9-5-6-14-12(13)16-9)17-7-3-2-4-10(17)15-8;5-4-1-2-6-3-4;1-2;;;;;/h2,4,6,8-10,12-13,19H,3,5,7,11H2,1H3,(H,27,29)(H,23,25,26);3-10H,1-2H3,(H,19,21,22);2-9,25H,1H3,(H,22,24)(H,18,20,21);2-9H,1H3,(H,23,24)(H,18,20,21);2-7H,1H3,(H2,13,14,16);1,3H;2H,1H3;1H3;;;;1H2/q;;;;;-1;;-1;;;+1;/p-1. The molecule has 2 amide bonds. The number of aromatic nitrogens is 20. The van der Waals surface area contributed by atoms with Crippen molar-refractivity contribution >= 4 is 177 Å². The average Bonchev–Trinajstić information content (AvgIpc) is 1.65. The summed E-state index contributed by atoms with van der Waals surface area (Å²) in [6.07, 6.45) is 20.6. The van der Waals surface area contributed by atoms with Gasteiger partial charge in [-0.3, -0.25) is 36.8 Å². The molecule has 712 valence electrons. The Kier molecular flexibility index (Phi) is 39.3. The quantitative estimate of drug-likeness (QED) is 0.0118. The number of hydrogen-bond donors (Lipinski definition) is 10. The maximum absolute atomic E-state index is 12.4. The van der Waals surface area contributed by atoms with E-state index in [9.17, 15) is 19.2 Å². The Morgan fingerprint density at radius 2 is 0.784 bits per heavy atom. The largest absolute Gasteiger partial charge is 1.00 e. The predicted octanol–water partition coefficient (Wildman–Crippen LogP) is 15.3. The second-order valence-electron chi connectivity index (χ2n) is 28.5. The summed E-state index contributed by atoms with van der Waals surface area (Å²) < 4.78 is 21.3. The Hall–Kier alpha value is -13.9. The molecule has 0 saturated carbocycles. The first-order chi connectivity index (χ1) is 65.2. The summed E-state index contributed by atoms with van der Waals surface area (Å²) in [5.41, 5.74) is 29.6. The van der Waals surface area contributed by atoms with Gasteiger partial charge in [0.2, 0.25) is 29.7 Å².